The molecule has 17 nitrogen and oxygen atoms in total. The van der Waals surface area contributed by atoms with Gasteiger partial charge < -0.3 is 34.5 Å². The summed E-state index contributed by atoms with van der Waals surface area (Å²) < 4.78 is 21.8. The third-order valence-electron chi connectivity index (χ3n) is 11.1. The average molecular weight is 1100 g/mol. The zero-order chi connectivity index (χ0) is 53.5. The van der Waals surface area contributed by atoms with Crippen molar-refractivity contribution in [3.63, 3.8) is 0 Å². The molecule has 0 saturated carbocycles. The number of hydrogen-bond donors (Lipinski definition) is 4. The first-order chi connectivity index (χ1) is 36.3. The largest absolute Gasteiger partial charge is 0.490 e. The van der Waals surface area contributed by atoms with Gasteiger partial charge in [0.1, 0.15) is 24.7 Å². The Morgan fingerprint density at radius 2 is 1.23 bits per heavy atom. The maximum atomic E-state index is 13.0. The van der Waals surface area contributed by atoms with Crippen LogP contribution in [-0.2, 0) is 23.9 Å². The van der Waals surface area contributed by atoms with Crippen molar-refractivity contribution in [1.82, 2.24) is 19.8 Å². The van der Waals surface area contributed by atoms with Crippen LogP contribution in [0.4, 0.5) is 21.6 Å². The zero-order valence-electron chi connectivity index (χ0n) is 41.7. The fraction of sp³-hybridized carbons (Fsp3) is 0.315. The molecule has 0 aliphatic carbocycles. The van der Waals surface area contributed by atoms with Crippen molar-refractivity contribution in [2.24, 2.45) is 0 Å². The third kappa shape index (κ3) is 18.5. The molecule has 1 aliphatic rings. The molecule has 7 rings (SSSR count). The summed E-state index contributed by atoms with van der Waals surface area (Å²) >= 11 is 15.1. The summed E-state index contributed by atoms with van der Waals surface area (Å²) in [5.41, 5.74) is 4.34. The molecule has 4 amide bonds. The lowest BCUT2D eigenvalue weighted by molar-refractivity contribution is -0.141. The lowest BCUT2D eigenvalue weighted by Gasteiger charge is -2.26. The Kier molecular flexibility index (Phi) is 22.8. The number of ether oxygens (including phenoxy) is 4. The molecule has 4 N–H and O–H groups in total. The molecule has 0 atom stereocenters. The summed E-state index contributed by atoms with van der Waals surface area (Å²) in [5.74, 6) is 1.69. The van der Waals surface area contributed by atoms with E-state index in [1.807, 2.05) is 66.2 Å². The minimum absolute atomic E-state index is 0.0620. The first-order valence-corrected chi connectivity index (χ1v) is 26.4. The van der Waals surface area contributed by atoms with Crippen LogP contribution in [0.5, 0.6) is 11.5 Å². The number of morpholine rings is 1. The van der Waals surface area contributed by atoms with Crippen molar-refractivity contribution < 1.29 is 42.9 Å². The summed E-state index contributed by atoms with van der Waals surface area (Å²) in [6.45, 7) is 5.25. The maximum Gasteiger partial charge on any atom is 0.306 e. The molecule has 4 aromatic carbocycles. The van der Waals surface area contributed by atoms with E-state index in [1.165, 1.54) is 35.8 Å². The van der Waals surface area contributed by atoms with Gasteiger partial charge in [-0.2, -0.15) is 0 Å². The number of nitrogens with zero attached hydrogens (tertiary/aromatic N) is 4. The molecule has 2 aromatic heterocycles. The van der Waals surface area contributed by atoms with Crippen molar-refractivity contribution in [1.29, 1.82) is 0 Å². The van der Waals surface area contributed by atoms with Crippen LogP contribution in [0.15, 0.2) is 95.7 Å². The second kappa shape index (κ2) is 29.9. The van der Waals surface area contributed by atoms with Crippen LogP contribution in [0.2, 0.25) is 10.0 Å². The molecule has 0 spiro atoms. The molecule has 1 saturated heterocycles. The van der Waals surface area contributed by atoms with E-state index in [9.17, 15) is 24.0 Å². The fourth-order valence-electron chi connectivity index (χ4n) is 7.08. The van der Waals surface area contributed by atoms with E-state index in [1.54, 1.807) is 42.5 Å². The summed E-state index contributed by atoms with van der Waals surface area (Å²) in [4.78, 5) is 75.7. The first-order valence-electron chi connectivity index (χ1n) is 23.9. The first kappa shape index (κ1) is 57.4. The summed E-state index contributed by atoms with van der Waals surface area (Å²) in [6, 6.07) is 24.5. The number of unbranched alkanes of at least 4 members (excludes halogenated alkanes) is 2. The normalized spacial score (nSPS) is 12.1. The van der Waals surface area contributed by atoms with Gasteiger partial charge in [0.05, 0.1) is 49.5 Å². The van der Waals surface area contributed by atoms with Gasteiger partial charge in [0.2, 0.25) is 11.8 Å². The number of esters is 1. The number of aromatic nitrogens is 2. The number of hydrogen-bond acceptors (Lipinski definition) is 15. The maximum absolute atomic E-state index is 13.0. The molecule has 3 heterocycles. The second-order valence-corrected chi connectivity index (χ2v) is 19.4. The summed E-state index contributed by atoms with van der Waals surface area (Å²) in [5, 5.41) is 16.9. The molecule has 0 bridgehead atoms. The van der Waals surface area contributed by atoms with E-state index < -0.39 is 17.8 Å². The number of halogens is 2. The number of carbonyl (C=O) groups excluding carboxylic acids is 5. The van der Waals surface area contributed by atoms with Gasteiger partial charge in [-0.3, -0.25) is 39.5 Å². The predicted octanol–water partition coefficient (Wildman–Crippen LogP) is 10.1. The van der Waals surface area contributed by atoms with Crippen molar-refractivity contribution >= 4 is 97.1 Å². The van der Waals surface area contributed by atoms with Gasteiger partial charge in [-0.1, -0.05) is 59.6 Å². The number of amides is 4. The Balaban J connectivity index is 0.000000245. The SMILES string of the molecule is C#CCCCCC(=O)Nc1cc(C(=O)Nc2nc(-c3ccccc3Cl)cs2)ccc1OCCN(C)C.COC(=O)CCC(=O)Nc1cc(C(=O)Nc2nc(-c3ccccc3Cl)cs2)ccc1OCCN1CCOCC1. The van der Waals surface area contributed by atoms with Gasteiger partial charge in [-0.05, 0) is 75.5 Å². The number of thiazole rings is 2. The smallest absolute Gasteiger partial charge is 0.306 e. The minimum atomic E-state index is -0.486. The van der Waals surface area contributed by atoms with E-state index in [4.69, 9.17) is 43.8 Å². The fourth-order valence-corrected chi connectivity index (χ4v) is 8.96. The van der Waals surface area contributed by atoms with Crippen LogP contribution in [0.3, 0.4) is 0 Å². The zero-order valence-corrected chi connectivity index (χ0v) is 44.9. The van der Waals surface area contributed by atoms with Crippen LogP contribution in [0.25, 0.3) is 22.5 Å². The topological polar surface area (TPSA) is 203 Å². The second-order valence-electron chi connectivity index (χ2n) is 16.9. The number of terminal acetylenes is 1. The van der Waals surface area contributed by atoms with Gasteiger partial charge in [0.25, 0.3) is 11.8 Å². The number of nitrogens with one attached hydrogen (secondary N) is 4. The summed E-state index contributed by atoms with van der Waals surface area (Å²) in [7, 11) is 5.17. The van der Waals surface area contributed by atoms with Crippen LogP contribution >= 0.6 is 45.9 Å². The van der Waals surface area contributed by atoms with Crippen molar-refractivity contribution in [2.75, 3.05) is 95.1 Å². The van der Waals surface area contributed by atoms with Crippen LogP contribution in [0.1, 0.15) is 59.2 Å². The number of benzene rings is 4. The highest BCUT2D eigenvalue weighted by Crippen LogP contribution is 2.33. The van der Waals surface area contributed by atoms with E-state index in [-0.39, 0.29) is 24.7 Å². The molecule has 75 heavy (non-hydrogen) atoms. The minimum Gasteiger partial charge on any atom is -0.490 e. The van der Waals surface area contributed by atoms with E-state index in [2.05, 4.69) is 46.8 Å². The molecule has 394 valence electrons. The van der Waals surface area contributed by atoms with Gasteiger partial charge in [-0.15, -0.1) is 35.0 Å². The van der Waals surface area contributed by atoms with Crippen molar-refractivity contribution in [3.8, 4) is 46.4 Å². The van der Waals surface area contributed by atoms with Crippen LogP contribution in [-0.4, -0.2) is 123 Å². The van der Waals surface area contributed by atoms with Gasteiger partial charge >= 0.3 is 5.97 Å². The average Bonchev–Trinajstić information content (AvgIpc) is 4.08. The standard InChI is InChI=1S/C27H29ClN4O6S.C27H29ClN4O3S/c1-36-25(34)9-8-24(33)29-21-16-18(6-7-23(21)38-15-12-32-10-13-37-14-11-32)26(35)31-27-30-22(17-39-27)19-4-2-3-5-20(19)28;1-4-5-6-7-12-25(33)29-22-17-19(13-14-24(22)35-16-15-32(2)3)26(34)31-27-30-23(18-36-27)20-10-8-9-11-21(20)28/h2-7,16-17H,8-15H2,1H3,(H,29,33)(H,30,31,35);1,8-11,13-14,17-18H,5-7,12,15-16H2,2-3H3,(H,29,33)(H,30,31,34). The van der Waals surface area contributed by atoms with Crippen LogP contribution < -0.4 is 30.7 Å². The van der Waals surface area contributed by atoms with Crippen LogP contribution in [0, 0.1) is 12.3 Å². The number of likely N-dealkylation sites (N-methyl/N-ethyl adjacent to an activating group) is 1. The Morgan fingerprint density at radius 3 is 1.73 bits per heavy atom. The molecule has 1 aliphatic heterocycles. The van der Waals surface area contributed by atoms with Crippen molar-refractivity contribution in [2.45, 2.75) is 38.5 Å². The lowest BCUT2D eigenvalue weighted by Crippen LogP contribution is -2.38. The van der Waals surface area contributed by atoms with E-state index in [0.717, 1.165) is 30.6 Å². The number of anilines is 4. The summed E-state index contributed by atoms with van der Waals surface area (Å²) in [6.07, 6.45) is 7.58. The lowest BCUT2D eigenvalue weighted by atomic mass is 10.1. The highest BCUT2D eigenvalue weighted by Gasteiger charge is 2.19. The Labute approximate surface area is 454 Å². The molecule has 0 unspecified atom stereocenters. The third-order valence-corrected chi connectivity index (χ3v) is 13.3. The van der Waals surface area contributed by atoms with Crippen molar-refractivity contribution in [3.05, 3.63) is 117 Å². The number of carbonyl (C=O) groups is 5. The highest BCUT2D eigenvalue weighted by molar-refractivity contribution is 7.14. The van der Waals surface area contributed by atoms with E-state index >= 15 is 0 Å². The van der Waals surface area contributed by atoms with Gasteiger partial charge in [0, 0.05) is 88.5 Å². The van der Waals surface area contributed by atoms with Gasteiger partial charge in [0.15, 0.2) is 10.3 Å². The Hall–Kier alpha value is -6.89. The van der Waals surface area contributed by atoms with Gasteiger partial charge in [-0.25, -0.2) is 9.97 Å². The molecule has 6 aromatic rings. The molecule has 0 radical (unpaired) electrons. The Bertz CT molecular complexity index is 2940. The monoisotopic (exact) mass is 1100 g/mol. The Morgan fingerprint density at radius 1 is 0.707 bits per heavy atom. The number of methoxy groups -OCH3 is 1. The molecule has 21 heteroatoms. The molecule has 1 fully saturated rings. The molecular formula is C54H58Cl2N8O9S2. The highest BCUT2D eigenvalue weighted by atomic mass is 35.5. The predicted molar refractivity (Wildman–Crippen MR) is 297 cm³/mol. The molecular weight excluding hydrogens is 1040 g/mol. The quantitative estimate of drug-likeness (QED) is 0.0268. The number of rotatable bonds is 23. The van der Waals surface area contributed by atoms with E-state index in [0.29, 0.717) is 124 Å².